The van der Waals surface area contributed by atoms with Crippen LogP contribution in [0.5, 0.6) is 5.75 Å². The van der Waals surface area contributed by atoms with E-state index in [4.69, 9.17) is 4.74 Å². The molecule has 2 aliphatic rings. The Balaban J connectivity index is 1.70. The molecule has 1 aromatic rings. The van der Waals surface area contributed by atoms with Crippen molar-refractivity contribution in [3.63, 3.8) is 0 Å². The normalized spacial score (nSPS) is 38.2. The summed E-state index contributed by atoms with van der Waals surface area (Å²) in [5.74, 6) is 1.64. The van der Waals surface area contributed by atoms with Crippen LogP contribution in [0.15, 0.2) is 24.3 Å². The van der Waals surface area contributed by atoms with Crippen LogP contribution in [0.2, 0.25) is 0 Å². The molecule has 78 valence electrons. The zero-order valence-electron chi connectivity index (χ0n) is 8.56. The second-order valence-corrected chi connectivity index (χ2v) is 4.66. The largest absolute Gasteiger partial charge is 0.489 e. The van der Waals surface area contributed by atoms with E-state index in [1.807, 2.05) is 24.3 Å². The lowest BCUT2D eigenvalue weighted by molar-refractivity contribution is -0.00969. The topological polar surface area (TPSA) is 29.1 Å². The second kappa shape index (κ2) is 3.53. The second-order valence-electron chi connectivity index (χ2n) is 4.66. The fourth-order valence-electron chi connectivity index (χ4n) is 2.97. The van der Waals surface area contributed by atoms with Crippen LogP contribution in [-0.4, -0.2) is 12.2 Å². The van der Waals surface area contributed by atoms with Gasteiger partial charge in [0.15, 0.2) is 0 Å². The van der Waals surface area contributed by atoms with Gasteiger partial charge in [0.05, 0.1) is 6.10 Å². The first-order valence-electron chi connectivity index (χ1n) is 5.62. The Bertz CT molecular complexity index is 336. The minimum absolute atomic E-state index is 0.143. The van der Waals surface area contributed by atoms with Crippen LogP contribution in [0.3, 0.4) is 0 Å². The molecule has 0 spiro atoms. The summed E-state index contributed by atoms with van der Waals surface area (Å²) in [4.78, 5) is 0. The fourth-order valence-corrected chi connectivity index (χ4v) is 2.97. The van der Waals surface area contributed by atoms with E-state index in [9.17, 15) is 5.11 Å². The van der Waals surface area contributed by atoms with Crippen molar-refractivity contribution < 1.29 is 9.84 Å². The van der Waals surface area contributed by atoms with Crippen molar-refractivity contribution in [2.24, 2.45) is 11.8 Å². The molecule has 2 fully saturated rings. The number of para-hydroxylation sites is 1. The predicted molar refractivity (Wildman–Crippen MR) is 55.0 cm³/mol. The smallest absolute Gasteiger partial charge is 0.127 e. The van der Waals surface area contributed by atoms with Crippen LogP contribution in [0.4, 0.5) is 0 Å². The van der Waals surface area contributed by atoms with Gasteiger partial charge in [-0.3, -0.25) is 0 Å². The molecule has 15 heavy (non-hydrogen) atoms. The maximum atomic E-state index is 11.6. The fraction of sp³-hybridized carbons (Fsp3) is 0.538. The average Bonchev–Trinajstić information content (AvgIpc) is 2.77. The standard InChI is InChI=1S/C13H14O2/c14-12-7-9-6-11(12)13(8-9)15-10-4-2-1-3-5-10/h1-4,9,11-13H,6-8H2. The Kier molecular flexibility index (Phi) is 2.17. The van der Waals surface area contributed by atoms with E-state index in [-0.39, 0.29) is 12.0 Å². The highest BCUT2D eigenvalue weighted by Crippen LogP contribution is 2.46. The van der Waals surface area contributed by atoms with Crippen molar-refractivity contribution in [3.05, 3.63) is 30.3 Å². The molecule has 0 amide bonds. The van der Waals surface area contributed by atoms with Gasteiger partial charge in [-0.25, -0.2) is 5.11 Å². The van der Waals surface area contributed by atoms with Crippen molar-refractivity contribution in [3.8, 4) is 5.75 Å². The molecule has 0 aromatic heterocycles. The van der Waals surface area contributed by atoms with Gasteiger partial charge in [0.1, 0.15) is 11.9 Å². The SMILES string of the molecule is [O]C1CC2CC(Oc3[c]cccc3)C1C2. The molecule has 2 radical (unpaired) electrons. The summed E-state index contributed by atoms with van der Waals surface area (Å²) in [5.41, 5.74) is 0. The zero-order chi connectivity index (χ0) is 10.3. The molecule has 0 heterocycles. The Morgan fingerprint density at radius 1 is 1.27 bits per heavy atom. The highest BCUT2D eigenvalue weighted by molar-refractivity contribution is 5.20. The summed E-state index contributed by atoms with van der Waals surface area (Å²) in [7, 11) is 0. The molecular weight excluding hydrogens is 188 g/mol. The molecule has 0 N–H and O–H groups in total. The number of ether oxygens (including phenoxy) is 1. The van der Waals surface area contributed by atoms with E-state index in [1.165, 1.54) is 0 Å². The van der Waals surface area contributed by atoms with Gasteiger partial charge in [0, 0.05) is 12.0 Å². The van der Waals surface area contributed by atoms with E-state index < -0.39 is 6.10 Å². The van der Waals surface area contributed by atoms with Gasteiger partial charge in [0.2, 0.25) is 0 Å². The molecule has 4 atom stereocenters. The maximum Gasteiger partial charge on any atom is 0.127 e. The predicted octanol–water partition coefficient (Wildman–Crippen LogP) is 2.46. The first-order chi connectivity index (χ1) is 7.33. The average molecular weight is 202 g/mol. The van der Waals surface area contributed by atoms with Crippen LogP contribution < -0.4 is 4.74 Å². The highest BCUT2D eigenvalue weighted by Gasteiger charge is 2.47. The number of hydrogen-bond donors (Lipinski definition) is 0. The van der Waals surface area contributed by atoms with E-state index in [0.717, 1.165) is 25.0 Å². The summed E-state index contributed by atoms with van der Waals surface area (Å²) in [6.07, 6.45) is 2.75. The summed E-state index contributed by atoms with van der Waals surface area (Å²) in [6, 6.07) is 10.7. The third-order valence-electron chi connectivity index (χ3n) is 3.65. The summed E-state index contributed by atoms with van der Waals surface area (Å²) in [6.45, 7) is 0. The number of benzene rings is 1. The summed E-state index contributed by atoms with van der Waals surface area (Å²) in [5, 5.41) is 11.6. The van der Waals surface area contributed by atoms with Gasteiger partial charge in [-0.05, 0) is 31.2 Å². The molecule has 2 bridgehead atoms. The summed E-state index contributed by atoms with van der Waals surface area (Å²) < 4.78 is 5.82. The van der Waals surface area contributed by atoms with Crippen LogP contribution >= 0.6 is 0 Å². The molecular formula is C13H14O2. The molecule has 3 rings (SSSR count). The number of hydrogen-bond acceptors (Lipinski definition) is 1. The van der Waals surface area contributed by atoms with Gasteiger partial charge < -0.3 is 4.74 Å². The quantitative estimate of drug-likeness (QED) is 0.724. The van der Waals surface area contributed by atoms with Gasteiger partial charge in [-0.1, -0.05) is 18.2 Å². The lowest BCUT2D eigenvalue weighted by Crippen LogP contribution is -2.32. The minimum atomic E-state index is -0.391. The van der Waals surface area contributed by atoms with E-state index in [0.29, 0.717) is 5.92 Å². The third-order valence-corrected chi connectivity index (χ3v) is 3.65. The number of rotatable bonds is 2. The molecule has 2 saturated carbocycles. The molecule has 2 heteroatoms. The van der Waals surface area contributed by atoms with Crippen LogP contribution in [0.25, 0.3) is 0 Å². The minimum Gasteiger partial charge on any atom is -0.489 e. The maximum absolute atomic E-state index is 11.6. The molecule has 4 unspecified atom stereocenters. The van der Waals surface area contributed by atoms with Gasteiger partial charge in [-0.15, -0.1) is 0 Å². The van der Waals surface area contributed by atoms with Gasteiger partial charge in [0.25, 0.3) is 0 Å². The van der Waals surface area contributed by atoms with Crippen LogP contribution in [0.1, 0.15) is 19.3 Å². The Morgan fingerprint density at radius 2 is 2.20 bits per heavy atom. The lowest BCUT2D eigenvalue weighted by atomic mass is 9.95. The summed E-state index contributed by atoms with van der Waals surface area (Å²) >= 11 is 0. The van der Waals surface area contributed by atoms with Crippen molar-refractivity contribution in [1.82, 2.24) is 0 Å². The van der Waals surface area contributed by atoms with Crippen molar-refractivity contribution in [1.29, 1.82) is 0 Å². The molecule has 2 nitrogen and oxygen atoms in total. The first kappa shape index (κ1) is 9.22. The Labute approximate surface area is 89.9 Å². The van der Waals surface area contributed by atoms with E-state index in [2.05, 4.69) is 6.07 Å². The molecule has 2 aliphatic carbocycles. The van der Waals surface area contributed by atoms with Crippen molar-refractivity contribution in [2.45, 2.75) is 31.5 Å². The van der Waals surface area contributed by atoms with E-state index >= 15 is 0 Å². The van der Waals surface area contributed by atoms with Gasteiger partial charge >= 0.3 is 0 Å². The van der Waals surface area contributed by atoms with Crippen molar-refractivity contribution in [2.75, 3.05) is 0 Å². The molecule has 1 aromatic carbocycles. The lowest BCUT2D eigenvalue weighted by Gasteiger charge is -2.25. The zero-order valence-corrected chi connectivity index (χ0v) is 8.56. The molecule has 0 aliphatic heterocycles. The first-order valence-corrected chi connectivity index (χ1v) is 5.62. The van der Waals surface area contributed by atoms with E-state index in [1.54, 1.807) is 0 Å². The highest BCUT2D eigenvalue weighted by atomic mass is 16.5. The van der Waals surface area contributed by atoms with Gasteiger partial charge in [-0.2, -0.15) is 0 Å². The third kappa shape index (κ3) is 1.63. The van der Waals surface area contributed by atoms with Crippen LogP contribution in [-0.2, 0) is 5.11 Å². The monoisotopic (exact) mass is 202 g/mol. The molecule has 0 saturated heterocycles. The van der Waals surface area contributed by atoms with Crippen LogP contribution in [0, 0.1) is 17.9 Å². The Hall–Kier alpha value is -1.02. The number of fused-ring (bicyclic) bond motifs is 2. The Morgan fingerprint density at radius 3 is 2.87 bits per heavy atom. The van der Waals surface area contributed by atoms with Crippen molar-refractivity contribution >= 4 is 0 Å².